The van der Waals surface area contributed by atoms with Crippen LogP contribution in [0.4, 0.5) is 0 Å². The maximum Gasteiger partial charge on any atom is 0.297 e. The van der Waals surface area contributed by atoms with Gasteiger partial charge in [-0.3, -0.25) is 4.18 Å². The molecule has 5 atom stereocenters. The molecule has 1 spiro atoms. The van der Waals surface area contributed by atoms with Gasteiger partial charge in [0.05, 0.1) is 11.0 Å². The molecule has 0 saturated heterocycles. The second kappa shape index (κ2) is 6.60. The Kier molecular flexibility index (Phi) is 4.99. The van der Waals surface area contributed by atoms with Crippen LogP contribution in [0, 0.1) is 35.0 Å². The SMILES string of the molecule is Cc1ccc(S(=O)(=O)O[C@H]2[C@@H]3C(C)(C)CCC[C@@]4(C)C(Cl)(Cl)[C@@]34CC[C@@H]2C)cc1. The topological polar surface area (TPSA) is 43.4 Å². The molecule has 1 aromatic rings. The molecular formula is C23H32Cl2O3S. The van der Waals surface area contributed by atoms with Gasteiger partial charge in [-0.2, -0.15) is 8.42 Å². The maximum absolute atomic E-state index is 13.2. The molecule has 3 fully saturated rings. The lowest BCUT2D eigenvalue weighted by Crippen LogP contribution is -2.51. The molecule has 4 rings (SSSR count). The normalized spacial score (nSPS) is 40.4. The van der Waals surface area contributed by atoms with E-state index in [1.807, 2.05) is 6.92 Å². The van der Waals surface area contributed by atoms with Crippen LogP contribution >= 0.6 is 23.2 Å². The summed E-state index contributed by atoms with van der Waals surface area (Å²) in [5, 5.41) is 0. The average Bonchev–Trinajstić information content (AvgIpc) is 3.01. The van der Waals surface area contributed by atoms with Crippen molar-refractivity contribution in [2.24, 2.45) is 28.1 Å². The summed E-state index contributed by atoms with van der Waals surface area (Å²) in [6.45, 7) is 10.7. The highest BCUT2D eigenvalue weighted by Crippen LogP contribution is 2.88. The number of hydrogen-bond donors (Lipinski definition) is 0. The van der Waals surface area contributed by atoms with E-state index in [2.05, 4.69) is 27.7 Å². The van der Waals surface area contributed by atoms with Gasteiger partial charge >= 0.3 is 0 Å². The van der Waals surface area contributed by atoms with Crippen molar-refractivity contribution in [3.05, 3.63) is 29.8 Å². The minimum Gasteiger partial charge on any atom is -0.262 e. The summed E-state index contributed by atoms with van der Waals surface area (Å²) in [4.78, 5) is 0.211. The Labute approximate surface area is 185 Å². The molecule has 3 saturated carbocycles. The fourth-order valence-corrected chi connectivity index (χ4v) is 9.20. The Morgan fingerprint density at radius 3 is 2.28 bits per heavy atom. The van der Waals surface area contributed by atoms with Crippen molar-refractivity contribution in [2.75, 3.05) is 0 Å². The molecule has 0 unspecified atom stereocenters. The summed E-state index contributed by atoms with van der Waals surface area (Å²) >= 11 is 14.0. The quantitative estimate of drug-likeness (QED) is 0.383. The van der Waals surface area contributed by atoms with Crippen molar-refractivity contribution in [1.29, 1.82) is 0 Å². The van der Waals surface area contributed by atoms with Crippen molar-refractivity contribution in [3.63, 3.8) is 0 Å². The minimum absolute atomic E-state index is 0.0125. The van der Waals surface area contributed by atoms with Crippen molar-refractivity contribution >= 4 is 33.3 Å². The van der Waals surface area contributed by atoms with Crippen LogP contribution in [-0.4, -0.2) is 18.9 Å². The number of halogens is 2. The van der Waals surface area contributed by atoms with Gasteiger partial charge in [-0.1, -0.05) is 51.8 Å². The lowest BCUT2D eigenvalue weighted by Gasteiger charge is -2.50. The van der Waals surface area contributed by atoms with E-state index in [1.54, 1.807) is 24.3 Å². The molecule has 0 amide bonds. The van der Waals surface area contributed by atoms with Gasteiger partial charge in [0.15, 0.2) is 0 Å². The van der Waals surface area contributed by atoms with Crippen LogP contribution in [0.25, 0.3) is 0 Å². The highest BCUT2D eigenvalue weighted by Gasteiger charge is 2.88. The monoisotopic (exact) mass is 458 g/mol. The largest absolute Gasteiger partial charge is 0.297 e. The van der Waals surface area contributed by atoms with E-state index in [0.29, 0.717) is 0 Å². The Bertz CT molecular complexity index is 909. The van der Waals surface area contributed by atoms with Gasteiger partial charge in [-0.25, -0.2) is 0 Å². The van der Waals surface area contributed by atoms with E-state index in [0.717, 1.165) is 37.7 Å². The van der Waals surface area contributed by atoms with Crippen LogP contribution in [0.15, 0.2) is 29.2 Å². The van der Waals surface area contributed by atoms with Crippen LogP contribution < -0.4 is 0 Å². The summed E-state index contributed by atoms with van der Waals surface area (Å²) in [6, 6.07) is 6.86. The number of benzene rings is 1. The van der Waals surface area contributed by atoms with Gasteiger partial charge in [0.25, 0.3) is 10.1 Å². The molecule has 0 heterocycles. The van der Waals surface area contributed by atoms with Gasteiger partial charge in [-0.05, 0) is 56.1 Å². The molecule has 0 aliphatic heterocycles. The first-order valence-electron chi connectivity index (χ1n) is 10.7. The smallest absolute Gasteiger partial charge is 0.262 e. The second-order valence-corrected chi connectivity index (χ2v) is 13.4. The molecular weight excluding hydrogens is 427 g/mol. The van der Waals surface area contributed by atoms with E-state index in [4.69, 9.17) is 27.4 Å². The molecule has 29 heavy (non-hydrogen) atoms. The van der Waals surface area contributed by atoms with Gasteiger partial charge in [-0.15, -0.1) is 23.2 Å². The van der Waals surface area contributed by atoms with Crippen LogP contribution in [-0.2, 0) is 14.3 Å². The first-order chi connectivity index (χ1) is 13.3. The summed E-state index contributed by atoms with van der Waals surface area (Å²) in [5.41, 5.74) is 0.410. The highest BCUT2D eigenvalue weighted by molar-refractivity contribution is 7.86. The standard InChI is InChI=1S/C23H32Cl2O3S/c1-15-7-9-17(10-8-15)29(26,27)28-18-16(2)11-14-22-19(18)20(3,4)12-6-13-21(22,5)23(22,24)25/h7-10,16,18-19H,6,11-14H2,1-5H3/t16-,18+,19+,21+,22-/m0/s1. The zero-order valence-electron chi connectivity index (χ0n) is 18.0. The Hall–Kier alpha value is -0.290. The van der Waals surface area contributed by atoms with Crippen molar-refractivity contribution in [3.8, 4) is 0 Å². The highest BCUT2D eigenvalue weighted by atomic mass is 35.5. The molecule has 0 N–H and O–H groups in total. The molecule has 0 radical (unpaired) electrons. The zero-order valence-corrected chi connectivity index (χ0v) is 20.3. The number of alkyl halides is 2. The number of rotatable bonds is 3. The predicted molar refractivity (Wildman–Crippen MR) is 118 cm³/mol. The second-order valence-electron chi connectivity index (χ2n) is 10.5. The Balaban J connectivity index is 1.77. The van der Waals surface area contributed by atoms with Gasteiger partial charge in [0, 0.05) is 16.7 Å². The fraction of sp³-hybridized carbons (Fsp3) is 0.739. The van der Waals surface area contributed by atoms with Crippen LogP contribution in [0.1, 0.15) is 65.4 Å². The first kappa shape index (κ1) is 21.9. The van der Waals surface area contributed by atoms with E-state index < -0.39 is 20.6 Å². The molecule has 162 valence electrons. The lowest BCUT2D eigenvalue weighted by atomic mass is 9.58. The Morgan fingerprint density at radius 1 is 1.03 bits per heavy atom. The van der Waals surface area contributed by atoms with Crippen molar-refractivity contribution < 1.29 is 12.6 Å². The summed E-state index contributed by atoms with van der Waals surface area (Å²) in [5.74, 6) is 0.110. The predicted octanol–water partition coefficient (Wildman–Crippen LogP) is 6.51. The molecule has 0 bridgehead atoms. The zero-order chi connectivity index (χ0) is 21.5. The van der Waals surface area contributed by atoms with E-state index in [9.17, 15) is 8.42 Å². The third kappa shape index (κ3) is 2.88. The van der Waals surface area contributed by atoms with Crippen LogP contribution in [0.3, 0.4) is 0 Å². The molecule has 3 aliphatic rings. The molecule has 3 aliphatic carbocycles. The van der Waals surface area contributed by atoms with E-state index in [-0.39, 0.29) is 33.0 Å². The average molecular weight is 459 g/mol. The van der Waals surface area contributed by atoms with E-state index >= 15 is 0 Å². The molecule has 3 nitrogen and oxygen atoms in total. The number of hydrogen-bond acceptors (Lipinski definition) is 3. The van der Waals surface area contributed by atoms with Gasteiger partial charge in [0.1, 0.15) is 4.33 Å². The van der Waals surface area contributed by atoms with Crippen LogP contribution in [0.2, 0.25) is 0 Å². The first-order valence-corrected chi connectivity index (χ1v) is 12.8. The maximum atomic E-state index is 13.2. The summed E-state index contributed by atoms with van der Waals surface area (Å²) < 4.78 is 31.6. The summed E-state index contributed by atoms with van der Waals surface area (Å²) in [6.07, 6.45) is 4.42. The van der Waals surface area contributed by atoms with E-state index in [1.165, 1.54) is 0 Å². The third-order valence-electron chi connectivity index (χ3n) is 8.48. The lowest BCUT2D eigenvalue weighted by molar-refractivity contribution is -0.0671. The third-order valence-corrected chi connectivity index (χ3v) is 11.3. The fourth-order valence-electron chi connectivity index (χ4n) is 6.75. The van der Waals surface area contributed by atoms with Crippen molar-refractivity contribution in [2.45, 2.75) is 82.1 Å². The number of aryl methyl sites for hydroxylation is 1. The van der Waals surface area contributed by atoms with Gasteiger partial charge < -0.3 is 0 Å². The van der Waals surface area contributed by atoms with Crippen molar-refractivity contribution in [1.82, 2.24) is 0 Å². The summed E-state index contributed by atoms with van der Waals surface area (Å²) in [7, 11) is -3.87. The van der Waals surface area contributed by atoms with Gasteiger partial charge in [0.2, 0.25) is 0 Å². The molecule has 1 aromatic carbocycles. The minimum atomic E-state index is -3.87. The van der Waals surface area contributed by atoms with Crippen LogP contribution in [0.5, 0.6) is 0 Å². The molecule has 6 heteroatoms. The Morgan fingerprint density at radius 2 is 1.66 bits per heavy atom. The molecule has 0 aromatic heterocycles.